The number of amides is 1. The first-order valence-electron chi connectivity index (χ1n) is 9.00. The Morgan fingerprint density at radius 1 is 1.21 bits per heavy atom. The van der Waals surface area contributed by atoms with Crippen molar-refractivity contribution in [1.29, 1.82) is 0 Å². The Kier molecular flexibility index (Phi) is 6.30. The van der Waals surface area contributed by atoms with Gasteiger partial charge in [-0.2, -0.15) is 11.8 Å². The number of carbonyl (C=O) groups is 1. The van der Waals surface area contributed by atoms with Gasteiger partial charge in [0.1, 0.15) is 12.4 Å². The van der Waals surface area contributed by atoms with Gasteiger partial charge in [0.15, 0.2) is 0 Å². The van der Waals surface area contributed by atoms with Crippen molar-refractivity contribution in [2.75, 3.05) is 25.7 Å². The summed E-state index contributed by atoms with van der Waals surface area (Å²) >= 11 is 1.64. The maximum absolute atomic E-state index is 12.8. The van der Waals surface area contributed by atoms with Crippen molar-refractivity contribution < 1.29 is 13.2 Å². The van der Waals surface area contributed by atoms with Gasteiger partial charge in [-0.1, -0.05) is 18.2 Å². The van der Waals surface area contributed by atoms with Crippen molar-refractivity contribution in [3.8, 4) is 0 Å². The number of rotatable bonds is 7. The fourth-order valence-electron chi connectivity index (χ4n) is 2.98. The van der Waals surface area contributed by atoms with E-state index in [0.717, 1.165) is 26.7 Å². The van der Waals surface area contributed by atoms with Crippen LogP contribution in [-0.2, 0) is 27.1 Å². The number of fused-ring (bicyclic) bond motifs is 1. The van der Waals surface area contributed by atoms with Crippen LogP contribution in [0.4, 0.5) is 5.69 Å². The van der Waals surface area contributed by atoms with Crippen LogP contribution in [0.5, 0.6) is 0 Å². The number of nitrogens with one attached hydrogen (secondary N) is 1. The lowest BCUT2D eigenvalue weighted by atomic mass is 10.2. The molecule has 0 spiro atoms. The molecule has 29 heavy (non-hydrogen) atoms. The number of imidazole rings is 1. The van der Waals surface area contributed by atoms with Gasteiger partial charge >= 0.3 is 0 Å². The zero-order valence-corrected chi connectivity index (χ0v) is 18.5. The fourth-order valence-corrected chi connectivity index (χ4v) is 4.39. The van der Waals surface area contributed by atoms with Gasteiger partial charge in [0, 0.05) is 19.8 Å². The number of sulfonamides is 1. The lowest BCUT2D eigenvalue weighted by Crippen LogP contribution is -2.23. The molecule has 0 fully saturated rings. The van der Waals surface area contributed by atoms with Crippen molar-refractivity contribution in [1.82, 2.24) is 13.9 Å². The molecule has 3 aromatic rings. The van der Waals surface area contributed by atoms with Crippen molar-refractivity contribution in [2.45, 2.75) is 24.1 Å². The highest BCUT2D eigenvalue weighted by molar-refractivity contribution is 7.97. The van der Waals surface area contributed by atoms with Crippen LogP contribution in [0.25, 0.3) is 11.0 Å². The van der Waals surface area contributed by atoms with E-state index in [2.05, 4.69) is 10.3 Å². The molecule has 1 N–H and O–H groups in total. The average molecular weight is 433 g/mol. The molecule has 9 heteroatoms. The summed E-state index contributed by atoms with van der Waals surface area (Å²) in [5.41, 5.74) is 3.01. The van der Waals surface area contributed by atoms with Gasteiger partial charge in [0.05, 0.1) is 21.7 Å². The smallest absolute Gasteiger partial charge is 0.244 e. The van der Waals surface area contributed by atoms with Gasteiger partial charge in [-0.05, 0) is 43.0 Å². The van der Waals surface area contributed by atoms with Gasteiger partial charge in [-0.25, -0.2) is 17.7 Å². The highest BCUT2D eigenvalue weighted by atomic mass is 32.2. The van der Waals surface area contributed by atoms with Crippen LogP contribution >= 0.6 is 11.8 Å². The molecule has 0 saturated heterocycles. The second kappa shape index (κ2) is 8.56. The molecule has 0 bridgehead atoms. The number of nitrogens with zero attached hydrogens (tertiary/aromatic N) is 3. The van der Waals surface area contributed by atoms with Crippen molar-refractivity contribution in [3.05, 3.63) is 53.9 Å². The zero-order valence-electron chi connectivity index (χ0n) is 16.8. The molecule has 0 aliphatic heterocycles. The maximum Gasteiger partial charge on any atom is 0.244 e. The number of para-hydroxylation sites is 2. The van der Waals surface area contributed by atoms with E-state index in [-0.39, 0.29) is 17.3 Å². The molecule has 0 aliphatic carbocycles. The normalized spacial score (nSPS) is 11.9. The summed E-state index contributed by atoms with van der Waals surface area (Å²) in [7, 11) is -0.627. The quantitative estimate of drug-likeness (QED) is 0.620. The maximum atomic E-state index is 12.8. The summed E-state index contributed by atoms with van der Waals surface area (Å²) in [6.07, 6.45) is 1.99. The zero-order chi connectivity index (χ0) is 21.2. The van der Waals surface area contributed by atoms with Crippen LogP contribution in [0.1, 0.15) is 11.4 Å². The molecule has 0 aliphatic rings. The van der Waals surface area contributed by atoms with Crippen molar-refractivity contribution in [2.24, 2.45) is 0 Å². The Morgan fingerprint density at radius 2 is 1.93 bits per heavy atom. The van der Waals surface area contributed by atoms with Gasteiger partial charge in [-0.3, -0.25) is 4.79 Å². The largest absolute Gasteiger partial charge is 0.324 e. The minimum absolute atomic E-state index is 0.0977. The second-order valence-electron chi connectivity index (χ2n) is 6.85. The fraction of sp³-hybridized carbons (Fsp3) is 0.300. The number of aromatic nitrogens is 2. The van der Waals surface area contributed by atoms with E-state index < -0.39 is 10.0 Å². The standard InChI is InChI=1S/C20H24N4O3S2/c1-14-9-10-15(29(26,27)23(2)3)11-17(14)22-20(25)12-24-18-8-6-5-7-16(18)21-19(24)13-28-4/h5-11H,12-13H2,1-4H3,(H,22,25). The predicted molar refractivity (Wildman–Crippen MR) is 118 cm³/mol. The average Bonchev–Trinajstić information content (AvgIpc) is 3.01. The molecule has 1 aromatic heterocycles. The number of aryl methyl sites for hydroxylation is 1. The van der Waals surface area contributed by atoms with Crippen LogP contribution in [0.2, 0.25) is 0 Å². The minimum atomic E-state index is -3.58. The van der Waals surface area contributed by atoms with E-state index in [1.54, 1.807) is 23.9 Å². The molecular formula is C20H24N4O3S2. The van der Waals surface area contributed by atoms with Gasteiger partial charge in [-0.15, -0.1) is 0 Å². The summed E-state index contributed by atoms with van der Waals surface area (Å²) in [4.78, 5) is 17.6. The SMILES string of the molecule is CSCc1nc2ccccc2n1CC(=O)Nc1cc(S(=O)(=O)N(C)C)ccc1C. The van der Waals surface area contributed by atoms with E-state index in [1.807, 2.05) is 42.0 Å². The summed E-state index contributed by atoms with van der Waals surface area (Å²) in [6.45, 7) is 1.92. The summed E-state index contributed by atoms with van der Waals surface area (Å²) in [6, 6.07) is 12.4. The molecule has 7 nitrogen and oxygen atoms in total. The van der Waals surface area contributed by atoms with Crippen LogP contribution in [0.15, 0.2) is 47.4 Å². The summed E-state index contributed by atoms with van der Waals surface area (Å²) in [5, 5.41) is 2.86. The Hall–Kier alpha value is -2.36. The van der Waals surface area contributed by atoms with Crippen molar-refractivity contribution >= 4 is 44.4 Å². The molecule has 1 amide bonds. The first-order chi connectivity index (χ1) is 13.7. The van der Waals surface area contributed by atoms with E-state index in [9.17, 15) is 13.2 Å². The predicted octanol–water partition coefficient (Wildman–Crippen LogP) is 3.10. The minimum Gasteiger partial charge on any atom is -0.324 e. The molecule has 2 aromatic carbocycles. The molecule has 0 atom stereocenters. The Bertz CT molecular complexity index is 1150. The molecule has 0 unspecified atom stereocenters. The van der Waals surface area contributed by atoms with E-state index in [0.29, 0.717) is 11.4 Å². The Balaban J connectivity index is 1.89. The van der Waals surface area contributed by atoms with Crippen molar-refractivity contribution in [3.63, 3.8) is 0 Å². The van der Waals surface area contributed by atoms with Gasteiger partial charge in [0.25, 0.3) is 0 Å². The van der Waals surface area contributed by atoms with Gasteiger partial charge in [0.2, 0.25) is 15.9 Å². The number of anilines is 1. The molecule has 3 rings (SSSR count). The number of hydrogen-bond donors (Lipinski definition) is 1. The lowest BCUT2D eigenvalue weighted by molar-refractivity contribution is -0.116. The molecule has 0 saturated carbocycles. The molecule has 1 heterocycles. The number of benzene rings is 2. The topological polar surface area (TPSA) is 84.3 Å². The van der Waals surface area contributed by atoms with Crippen LogP contribution in [0, 0.1) is 6.92 Å². The first kappa shape index (κ1) is 21.4. The molecule has 154 valence electrons. The monoisotopic (exact) mass is 432 g/mol. The third-order valence-electron chi connectivity index (χ3n) is 4.57. The molecule has 0 radical (unpaired) electrons. The third kappa shape index (κ3) is 4.47. The van der Waals surface area contributed by atoms with Crippen LogP contribution in [-0.4, -0.2) is 48.5 Å². The third-order valence-corrected chi connectivity index (χ3v) is 6.93. The number of carbonyl (C=O) groups excluding carboxylic acids is 1. The second-order valence-corrected chi connectivity index (χ2v) is 9.87. The van der Waals surface area contributed by atoms with Crippen LogP contribution in [0.3, 0.4) is 0 Å². The van der Waals surface area contributed by atoms with Gasteiger partial charge < -0.3 is 9.88 Å². The van der Waals surface area contributed by atoms with Crippen LogP contribution < -0.4 is 5.32 Å². The highest BCUT2D eigenvalue weighted by Crippen LogP contribution is 2.23. The number of hydrogen-bond acceptors (Lipinski definition) is 5. The number of thioether (sulfide) groups is 1. The first-order valence-corrected chi connectivity index (χ1v) is 11.8. The van der Waals surface area contributed by atoms with E-state index in [1.165, 1.54) is 20.2 Å². The highest BCUT2D eigenvalue weighted by Gasteiger charge is 2.19. The van der Waals surface area contributed by atoms with E-state index >= 15 is 0 Å². The van der Waals surface area contributed by atoms with E-state index in [4.69, 9.17) is 0 Å². The molecular weight excluding hydrogens is 408 g/mol. The Labute approximate surface area is 175 Å². The Morgan fingerprint density at radius 3 is 2.62 bits per heavy atom. The summed E-state index contributed by atoms with van der Waals surface area (Å²) in [5.74, 6) is 1.28. The summed E-state index contributed by atoms with van der Waals surface area (Å²) < 4.78 is 27.8. The lowest BCUT2D eigenvalue weighted by Gasteiger charge is -2.15.